The summed E-state index contributed by atoms with van der Waals surface area (Å²) in [5, 5.41) is 9.37. The number of halogens is 1. The number of alkyl halides is 1. The molecule has 2 atom stereocenters. The van der Waals surface area contributed by atoms with Crippen molar-refractivity contribution < 1.29 is 14.6 Å². The van der Waals surface area contributed by atoms with Crippen LogP contribution in [0.15, 0.2) is 30.3 Å². The molecule has 3 nitrogen and oxygen atoms in total. The van der Waals surface area contributed by atoms with Crippen LogP contribution in [0.25, 0.3) is 0 Å². The van der Waals surface area contributed by atoms with E-state index in [-0.39, 0.29) is 0 Å². The summed E-state index contributed by atoms with van der Waals surface area (Å²) in [5.41, 5.74) is -1.03. The van der Waals surface area contributed by atoms with Crippen LogP contribution in [0.4, 0.5) is 0 Å². The Kier molecular flexibility index (Phi) is 5.63. The number of benzene rings is 1. The molecule has 100 valence electrons. The van der Waals surface area contributed by atoms with Gasteiger partial charge in [-0.05, 0) is 18.9 Å². The van der Waals surface area contributed by atoms with E-state index >= 15 is 0 Å². The normalized spacial score (nSPS) is 15.8. The lowest BCUT2D eigenvalue weighted by molar-refractivity contribution is -0.164. The van der Waals surface area contributed by atoms with Crippen LogP contribution < -0.4 is 0 Å². The fourth-order valence-electron chi connectivity index (χ4n) is 1.51. The van der Waals surface area contributed by atoms with Crippen LogP contribution >= 0.6 is 11.6 Å². The van der Waals surface area contributed by atoms with E-state index in [9.17, 15) is 9.90 Å². The lowest BCUT2D eigenvalue weighted by Gasteiger charge is -2.26. The standard InChI is InChI=1S/C14H19ClO3/c1-3-4-10-18-13(16)14(2,17)12(15)11-8-6-5-7-9-11/h5-9,12,17H,3-4,10H2,1-2H3/t12-,14+/m1/s1. The molecule has 1 rings (SSSR count). The van der Waals surface area contributed by atoms with Gasteiger partial charge in [-0.3, -0.25) is 0 Å². The summed E-state index contributed by atoms with van der Waals surface area (Å²) in [6, 6.07) is 9.00. The Morgan fingerprint density at radius 1 is 1.44 bits per heavy atom. The molecule has 0 bridgehead atoms. The minimum absolute atomic E-state index is 0.309. The maximum atomic E-state index is 11.8. The quantitative estimate of drug-likeness (QED) is 0.491. The number of carbonyl (C=O) groups is 1. The van der Waals surface area contributed by atoms with Crippen LogP contribution in [0.1, 0.15) is 37.6 Å². The maximum absolute atomic E-state index is 11.8. The third kappa shape index (κ3) is 3.72. The number of rotatable bonds is 6. The highest BCUT2D eigenvalue weighted by Crippen LogP contribution is 2.33. The summed E-state index contributed by atoms with van der Waals surface area (Å²) in [4.78, 5) is 11.8. The summed E-state index contributed by atoms with van der Waals surface area (Å²) in [6.07, 6.45) is 1.71. The molecular weight excluding hydrogens is 252 g/mol. The Labute approximate surface area is 113 Å². The van der Waals surface area contributed by atoms with Gasteiger partial charge in [-0.2, -0.15) is 0 Å². The predicted molar refractivity (Wildman–Crippen MR) is 71.5 cm³/mol. The zero-order valence-corrected chi connectivity index (χ0v) is 11.5. The first kappa shape index (κ1) is 15.0. The second-order valence-corrected chi connectivity index (χ2v) is 4.85. The largest absolute Gasteiger partial charge is 0.464 e. The van der Waals surface area contributed by atoms with Gasteiger partial charge in [0.25, 0.3) is 0 Å². The number of esters is 1. The number of aliphatic hydroxyl groups is 1. The minimum atomic E-state index is -1.73. The second-order valence-electron chi connectivity index (χ2n) is 4.41. The Morgan fingerprint density at radius 2 is 2.06 bits per heavy atom. The van der Waals surface area contributed by atoms with Crippen molar-refractivity contribution in [1.29, 1.82) is 0 Å². The van der Waals surface area contributed by atoms with E-state index in [0.29, 0.717) is 12.2 Å². The molecule has 0 spiro atoms. The van der Waals surface area contributed by atoms with Gasteiger partial charge in [-0.1, -0.05) is 43.7 Å². The molecule has 0 unspecified atom stereocenters. The molecule has 1 N–H and O–H groups in total. The van der Waals surface area contributed by atoms with Crippen molar-refractivity contribution in [3.63, 3.8) is 0 Å². The molecule has 0 radical (unpaired) electrons. The average molecular weight is 271 g/mol. The van der Waals surface area contributed by atoms with E-state index in [1.807, 2.05) is 25.1 Å². The van der Waals surface area contributed by atoms with Crippen LogP contribution in [-0.2, 0) is 9.53 Å². The van der Waals surface area contributed by atoms with Crippen molar-refractivity contribution in [2.24, 2.45) is 0 Å². The van der Waals surface area contributed by atoms with Gasteiger partial charge in [0.2, 0.25) is 0 Å². The summed E-state index contributed by atoms with van der Waals surface area (Å²) in [6.45, 7) is 3.69. The lowest BCUT2D eigenvalue weighted by atomic mass is 9.96. The fraction of sp³-hybridized carbons (Fsp3) is 0.500. The average Bonchev–Trinajstić information content (AvgIpc) is 2.39. The summed E-state index contributed by atoms with van der Waals surface area (Å²) < 4.78 is 5.02. The first-order chi connectivity index (χ1) is 8.50. The molecule has 0 fully saturated rings. The topological polar surface area (TPSA) is 46.5 Å². The minimum Gasteiger partial charge on any atom is -0.464 e. The van der Waals surface area contributed by atoms with Crippen LogP contribution in [0.2, 0.25) is 0 Å². The molecule has 0 amide bonds. The molecule has 18 heavy (non-hydrogen) atoms. The zero-order chi connectivity index (χ0) is 13.6. The third-order valence-corrected chi connectivity index (χ3v) is 3.41. The first-order valence-corrected chi connectivity index (χ1v) is 6.52. The molecule has 0 saturated heterocycles. The molecule has 0 heterocycles. The summed E-state index contributed by atoms with van der Waals surface area (Å²) in [5.74, 6) is -0.681. The molecule has 4 heteroatoms. The van der Waals surface area contributed by atoms with E-state index in [2.05, 4.69) is 0 Å². The second kappa shape index (κ2) is 6.76. The van der Waals surface area contributed by atoms with Crippen LogP contribution in [0.3, 0.4) is 0 Å². The smallest absolute Gasteiger partial charge is 0.339 e. The van der Waals surface area contributed by atoms with Crippen molar-refractivity contribution in [1.82, 2.24) is 0 Å². The number of hydrogen-bond acceptors (Lipinski definition) is 3. The van der Waals surface area contributed by atoms with Gasteiger partial charge in [0.05, 0.1) is 12.0 Å². The molecule has 1 aromatic carbocycles. The van der Waals surface area contributed by atoms with Gasteiger partial charge in [0, 0.05) is 0 Å². The van der Waals surface area contributed by atoms with Gasteiger partial charge in [-0.15, -0.1) is 11.6 Å². The van der Waals surface area contributed by atoms with E-state index < -0.39 is 16.9 Å². The Balaban J connectivity index is 2.70. The van der Waals surface area contributed by atoms with Crippen LogP contribution in [0, 0.1) is 0 Å². The number of carbonyl (C=O) groups excluding carboxylic acids is 1. The van der Waals surface area contributed by atoms with Crippen molar-refractivity contribution in [2.75, 3.05) is 6.61 Å². The third-order valence-electron chi connectivity index (χ3n) is 2.73. The van der Waals surface area contributed by atoms with Gasteiger partial charge in [0.15, 0.2) is 5.60 Å². The first-order valence-electron chi connectivity index (χ1n) is 6.08. The molecule has 0 aliphatic carbocycles. The van der Waals surface area contributed by atoms with Gasteiger partial charge in [-0.25, -0.2) is 4.79 Å². The summed E-state index contributed by atoms with van der Waals surface area (Å²) in [7, 11) is 0. The molecule has 0 saturated carbocycles. The fourth-order valence-corrected chi connectivity index (χ4v) is 1.74. The van der Waals surface area contributed by atoms with E-state index in [0.717, 1.165) is 12.8 Å². The van der Waals surface area contributed by atoms with Crippen LogP contribution in [-0.4, -0.2) is 23.3 Å². The summed E-state index contributed by atoms with van der Waals surface area (Å²) >= 11 is 6.15. The SMILES string of the molecule is CCCCOC(=O)[C@@](C)(O)[C@H](Cl)c1ccccc1. The number of ether oxygens (including phenoxy) is 1. The predicted octanol–water partition coefficient (Wildman–Crippen LogP) is 3.06. The van der Waals surface area contributed by atoms with E-state index in [1.54, 1.807) is 12.1 Å². The molecule has 0 aliphatic rings. The number of hydrogen-bond donors (Lipinski definition) is 1. The van der Waals surface area contributed by atoms with Crippen LogP contribution in [0.5, 0.6) is 0 Å². The molecule has 0 aliphatic heterocycles. The van der Waals surface area contributed by atoms with Gasteiger partial charge in [0.1, 0.15) is 0 Å². The Morgan fingerprint density at radius 3 is 2.61 bits per heavy atom. The van der Waals surface area contributed by atoms with Crippen molar-refractivity contribution in [2.45, 2.75) is 37.7 Å². The Hall–Kier alpha value is -1.06. The van der Waals surface area contributed by atoms with Gasteiger partial charge >= 0.3 is 5.97 Å². The van der Waals surface area contributed by atoms with E-state index in [4.69, 9.17) is 16.3 Å². The molecule has 1 aromatic rings. The van der Waals surface area contributed by atoms with Gasteiger partial charge < -0.3 is 9.84 Å². The number of unbranched alkanes of at least 4 members (excludes halogenated alkanes) is 1. The highest BCUT2D eigenvalue weighted by molar-refractivity contribution is 6.23. The zero-order valence-electron chi connectivity index (χ0n) is 10.7. The Bertz CT molecular complexity index is 376. The highest BCUT2D eigenvalue weighted by Gasteiger charge is 2.40. The maximum Gasteiger partial charge on any atom is 0.339 e. The molecular formula is C14H19ClO3. The highest BCUT2D eigenvalue weighted by atomic mass is 35.5. The van der Waals surface area contributed by atoms with Crippen molar-refractivity contribution >= 4 is 17.6 Å². The van der Waals surface area contributed by atoms with E-state index in [1.165, 1.54) is 6.92 Å². The molecule has 0 aromatic heterocycles. The van der Waals surface area contributed by atoms with Crippen molar-refractivity contribution in [3.05, 3.63) is 35.9 Å². The lowest BCUT2D eigenvalue weighted by Crippen LogP contribution is -2.41. The monoisotopic (exact) mass is 270 g/mol. The van der Waals surface area contributed by atoms with Crippen molar-refractivity contribution in [3.8, 4) is 0 Å².